The van der Waals surface area contributed by atoms with E-state index in [1.54, 1.807) is 24.0 Å². The molecule has 1 aromatic carbocycles. The first kappa shape index (κ1) is 19.5. The molecular formula is C18H21ClN2O3S. The van der Waals surface area contributed by atoms with Crippen molar-refractivity contribution in [2.24, 2.45) is 4.99 Å². The molecule has 7 heteroatoms. The van der Waals surface area contributed by atoms with Crippen molar-refractivity contribution in [1.82, 2.24) is 4.90 Å². The molecule has 0 unspecified atom stereocenters. The lowest BCUT2D eigenvalue weighted by molar-refractivity contribution is -0.139. The maximum absolute atomic E-state index is 12.7. The Kier molecular flexibility index (Phi) is 7.52. The number of amides is 1. The quantitative estimate of drug-likeness (QED) is 0.530. The molecule has 0 aliphatic carbocycles. The number of carbonyl (C=O) groups is 2. The van der Waals surface area contributed by atoms with Gasteiger partial charge in [-0.2, -0.15) is 0 Å². The molecule has 0 aromatic heterocycles. The van der Waals surface area contributed by atoms with E-state index < -0.39 is 0 Å². The van der Waals surface area contributed by atoms with Gasteiger partial charge in [-0.15, -0.1) is 0 Å². The summed E-state index contributed by atoms with van der Waals surface area (Å²) >= 11 is 7.38. The summed E-state index contributed by atoms with van der Waals surface area (Å²) in [5.74, 6) is -0.358. The highest BCUT2D eigenvalue weighted by atomic mass is 35.5. The van der Waals surface area contributed by atoms with Gasteiger partial charge in [0.15, 0.2) is 5.17 Å². The van der Waals surface area contributed by atoms with Crippen molar-refractivity contribution < 1.29 is 14.3 Å². The molecule has 0 N–H and O–H groups in total. The third-order valence-electron chi connectivity index (χ3n) is 3.47. The predicted octanol–water partition coefficient (Wildman–Crippen LogP) is 3.98. The van der Waals surface area contributed by atoms with Gasteiger partial charge < -0.3 is 4.74 Å². The van der Waals surface area contributed by atoms with Crippen LogP contribution in [0.4, 0.5) is 0 Å². The second-order valence-electron chi connectivity index (χ2n) is 5.35. The fraction of sp³-hybridized carbons (Fsp3) is 0.389. The van der Waals surface area contributed by atoms with Crippen LogP contribution in [0, 0.1) is 0 Å². The van der Waals surface area contributed by atoms with Crippen LogP contribution in [0.2, 0.25) is 5.02 Å². The molecule has 1 aromatic rings. The smallest absolute Gasteiger partial charge is 0.316 e. The Morgan fingerprint density at radius 1 is 1.36 bits per heavy atom. The van der Waals surface area contributed by atoms with Gasteiger partial charge in [-0.3, -0.25) is 14.5 Å². The lowest BCUT2D eigenvalue weighted by Gasteiger charge is -2.16. The Hall–Kier alpha value is -1.79. The number of unbranched alkanes of at least 4 members (excludes halogenated alkanes) is 1. The molecule has 5 nitrogen and oxygen atoms in total. The van der Waals surface area contributed by atoms with E-state index in [9.17, 15) is 9.59 Å². The summed E-state index contributed by atoms with van der Waals surface area (Å²) in [5, 5.41) is 1.09. The largest absolute Gasteiger partial charge is 0.465 e. The number of amidine groups is 1. The summed E-state index contributed by atoms with van der Waals surface area (Å²) in [6, 6.07) is 7.28. The zero-order valence-corrected chi connectivity index (χ0v) is 15.9. The Bertz CT molecular complexity index is 703. The van der Waals surface area contributed by atoms with Gasteiger partial charge in [-0.1, -0.05) is 54.9 Å². The second-order valence-corrected chi connectivity index (χ2v) is 6.70. The van der Waals surface area contributed by atoms with Crippen molar-refractivity contribution in [2.45, 2.75) is 26.7 Å². The monoisotopic (exact) mass is 380 g/mol. The van der Waals surface area contributed by atoms with E-state index in [4.69, 9.17) is 16.3 Å². The number of carbonyl (C=O) groups excluding carboxylic acids is 2. The maximum atomic E-state index is 12.7. The number of nitrogens with zero attached hydrogens (tertiary/aromatic N) is 2. The summed E-state index contributed by atoms with van der Waals surface area (Å²) in [4.78, 5) is 30.3. The third-order valence-corrected chi connectivity index (χ3v) is 4.76. The predicted molar refractivity (Wildman–Crippen MR) is 103 cm³/mol. The van der Waals surface area contributed by atoms with Gasteiger partial charge in [0.25, 0.3) is 5.91 Å². The van der Waals surface area contributed by atoms with Crippen LogP contribution in [0.15, 0.2) is 35.0 Å². The molecule has 25 heavy (non-hydrogen) atoms. The zero-order valence-electron chi connectivity index (χ0n) is 14.3. The molecule has 0 bridgehead atoms. The summed E-state index contributed by atoms with van der Waals surface area (Å²) in [7, 11) is 0. The topological polar surface area (TPSA) is 59.0 Å². The normalized spacial score (nSPS) is 15.6. The molecule has 0 saturated carbocycles. The van der Waals surface area contributed by atoms with Crippen molar-refractivity contribution in [3.8, 4) is 0 Å². The molecule has 0 saturated heterocycles. The van der Waals surface area contributed by atoms with Crippen LogP contribution in [0.3, 0.4) is 0 Å². The molecule has 0 radical (unpaired) electrons. The SMILES string of the molecule is CCCCN1C(=O)/C(=C/c2ccccc2Cl)N=C1SCC(=O)OCC. The standard InChI is InChI=1S/C18H21ClN2O3S/c1-3-5-10-21-17(23)15(11-13-8-6-7-9-14(13)19)20-18(21)25-12-16(22)24-4-2/h6-9,11H,3-5,10,12H2,1-2H3/b15-11-. The van der Waals surface area contributed by atoms with Crippen LogP contribution in [0.25, 0.3) is 6.08 Å². The van der Waals surface area contributed by atoms with E-state index in [1.165, 1.54) is 11.8 Å². The lowest BCUT2D eigenvalue weighted by Crippen LogP contribution is -2.32. The van der Waals surface area contributed by atoms with E-state index in [1.807, 2.05) is 18.2 Å². The van der Waals surface area contributed by atoms with E-state index >= 15 is 0 Å². The van der Waals surface area contributed by atoms with Gasteiger partial charge in [0, 0.05) is 11.6 Å². The number of aliphatic imine (C=N–C) groups is 1. The number of rotatable bonds is 7. The number of hydrogen-bond acceptors (Lipinski definition) is 5. The maximum Gasteiger partial charge on any atom is 0.316 e. The van der Waals surface area contributed by atoms with Crippen LogP contribution in [0.1, 0.15) is 32.3 Å². The molecule has 134 valence electrons. The van der Waals surface area contributed by atoms with Gasteiger partial charge >= 0.3 is 5.97 Å². The van der Waals surface area contributed by atoms with E-state index in [2.05, 4.69) is 11.9 Å². The molecule has 0 fully saturated rings. The molecule has 1 heterocycles. The highest BCUT2D eigenvalue weighted by Gasteiger charge is 2.30. The van der Waals surface area contributed by atoms with Crippen molar-refractivity contribution >= 4 is 46.5 Å². The zero-order chi connectivity index (χ0) is 18.2. The minimum Gasteiger partial charge on any atom is -0.465 e. The minimum absolute atomic E-state index is 0.127. The van der Waals surface area contributed by atoms with Crippen molar-refractivity contribution in [1.29, 1.82) is 0 Å². The van der Waals surface area contributed by atoms with Crippen molar-refractivity contribution in [3.63, 3.8) is 0 Å². The number of ether oxygens (including phenoxy) is 1. The molecule has 1 amide bonds. The van der Waals surface area contributed by atoms with Crippen LogP contribution in [0.5, 0.6) is 0 Å². The van der Waals surface area contributed by atoms with E-state index in [0.717, 1.165) is 18.4 Å². The Labute approximate surface area is 157 Å². The number of thioether (sulfide) groups is 1. The van der Waals surface area contributed by atoms with Crippen molar-refractivity contribution in [2.75, 3.05) is 18.9 Å². The lowest BCUT2D eigenvalue weighted by atomic mass is 10.2. The van der Waals surface area contributed by atoms with Crippen LogP contribution >= 0.6 is 23.4 Å². The highest BCUT2D eigenvalue weighted by molar-refractivity contribution is 8.14. The summed E-state index contributed by atoms with van der Waals surface area (Å²) < 4.78 is 4.93. The molecule has 1 aliphatic rings. The average molecular weight is 381 g/mol. The number of esters is 1. The fourth-order valence-electron chi connectivity index (χ4n) is 2.22. The molecular weight excluding hydrogens is 360 g/mol. The Morgan fingerprint density at radius 2 is 2.12 bits per heavy atom. The summed E-state index contributed by atoms with van der Waals surface area (Å²) in [6.07, 6.45) is 3.51. The Morgan fingerprint density at radius 3 is 2.80 bits per heavy atom. The van der Waals surface area contributed by atoms with E-state index in [-0.39, 0.29) is 17.6 Å². The van der Waals surface area contributed by atoms with Gasteiger partial charge in [0.05, 0.1) is 12.4 Å². The van der Waals surface area contributed by atoms with Gasteiger partial charge in [0.1, 0.15) is 5.70 Å². The molecule has 2 rings (SSSR count). The van der Waals surface area contributed by atoms with Crippen LogP contribution < -0.4 is 0 Å². The third kappa shape index (κ3) is 5.34. The first-order chi connectivity index (χ1) is 12.1. The van der Waals surface area contributed by atoms with Crippen LogP contribution in [-0.2, 0) is 14.3 Å². The second kappa shape index (κ2) is 9.63. The van der Waals surface area contributed by atoms with Gasteiger partial charge in [-0.25, -0.2) is 4.99 Å². The number of halogens is 1. The summed E-state index contributed by atoms with van der Waals surface area (Å²) in [6.45, 7) is 4.73. The molecule has 1 aliphatic heterocycles. The van der Waals surface area contributed by atoms with Crippen molar-refractivity contribution in [3.05, 3.63) is 40.5 Å². The fourth-order valence-corrected chi connectivity index (χ4v) is 3.23. The first-order valence-electron chi connectivity index (χ1n) is 8.22. The van der Waals surface area contributed by atoms with Gasteiger partial charge in [0.2, 0.25) is 0 Å². The van der Waals surface area contributed by atoms with Crippen LogP contribution in [-0.4, -0.2) is 40.8 Å². The summed E-state index contributed by atoms with van der Waals surface area (Å²) in [5.41, 5.74) is 1.07. The average Bonchev–Trinajstić information content (AvgIpc) is 2.89. The molecule has 0 spiro atoms. The minimum atomic E-state index is -0.318. The highest BCUT2D eigenvalue weighted by Crippen LogP contribution is 2.26. The number of hydrogen-bond donors (Lipinski definition) is 0. The van der Waals surface area contributed by atoms with Gasteiger partial charge in [-0.05, 0) is 31.1 Å². The number of benzene rings is 1. The molecule has 0 atom stereocenters. The Balaban J connectivity index is 2.21. The first-order valence-corrected chi connectivity index (χ1v) is 9.58. The van der Waals surface area contributed by atoms with E-state index in [0.29, 0.717) is 29.0 Å².